The van der Waals surface area contributed by atoms with Crippen LogP contribution in [-0.2, 0) is 0 Å². The van der Waals surface area contributed by atoms with E-state index in [1.165, 1.54) is 6.33 Å². The van der Waals surface area contributed by atoms with Crippen molar-refractivity contribution in [1.82, 2.24) is 29.0 Å². The van der Waals surface area contributed by atoms with E-state index in [0.29, 0.717) is 11.4 Å². The van der Waals surface area contributed by atoms with E-state index >= 15 is 0 Å². The van der Waals surface area contributed by atoms with Crippen molar-refractivity contribution in [3.8, 4) is 16.9 Å². The lowest BCUT2D eigenvalue weighted by atomic mass is 9.89. The van der Waals surface area contributed by atoms with Gasteiger partial charge in [0.1, 0.15) is 6.33 Å². The molecule has 0 spiro atoms. The summed E-state index contributed by atoms with van der Waals surface area (Å²) in [5.74, 6) is 0.793. The van der Waals surface area contributed by atoms with Gasteiger partial charge in [-0.2, -0.15) is 18.3 Å². The third kappa shape index (κ3) is 5.03. The molecule has 38 heavy (non-hydrogen) atoms. The maximum absolute atomic E-state index is 13.2. The Morgan fingerprint density at radius 2 is 1.92 bits per heavy atom. The smallest absolute Gasteiger partial charge is 0.390 e. The number of rotatable bonds is 7. The van der Waals surface area contributed by atoms with Crippen molar-refractivity contribution < 1.29 is 17.9 Å². The third-order valence-corrected chi connectivity index (χ3v) is 7.78. The van der Waals surface area contributed by atoms with Crippen molar-refractivity contribution in [2.45, 2.75) is 70.1 Å². The minimum atomic E-state index is -4.15. The number of ether oxygens (including phenoxy) is 1. The molecule has 0 amide bonds. The van der Waals surface area contributed by atoms with Gasteiger partial charge in [0, 0.05) is 30.4 Å². The number of pyridine rings is 1. The van der Waals surface area contributed by atoms with Gasteiger partial charge in [0.05, 0.1) is 24.6 Å². The number of methoxy groups -OCH3 is 1. The number of halogens is 3. The van der Waals surface area contributed by atoms with Gasteiger partial charge in [-0.25, -0.2) is 14.3 Å². The first-order chi connectivity index (χ1) is 18.1. The third-order valence-electron chi connectivity index (χ3n) is 7.78. The molecule has 11 heteroatoms. The van der Waals surface area contributed by atoms with Crippen LogP contribution < -0.4 is 10.4 Å². The topological polar surface area (TPSA) is 80.5 Å². The van der Waals surface area contributed by atoms with E-state index in [0.717, 1.165) is 53.4 Å². The summed E-state index contributed by atoms with van der Waals surface area (Å²) >= 11 is 0. The van der Waals surface area contributed by atoms with Gasteiger partial charge in [0.15, 0.2) is 11.4 Å². The quantitative estimate of drug-likeness (QED) is 0.339. The molecule has 4 aromatic rings. The molecule has 0 bridgehead atoms. The number of alkyl halides is 3. The molecule has 0 atom stereocenters. The highest BCUT2D eigenvalue weighted by Crippen LogP contribution is 2.37. The Labute approximate surface area is 218 Å². The van der Waals surface area contributed by atoms with Gasteiger partial charge < -0.3 is 14.6 Å². The van der Waals surface area contributed by atoms with Crippen LogP contribution in [0, 0.1) is 0 Å². The predicted molar refractivity (Wildman–Crippen MR) is 140 cm³/mol. The lowest BCUT2D eigenvalue weighted by Crippen LogP contribution is -2.38. The Balaban J connectivity index is 1.46. The largest absolute Gasteiger partial charge is 0.493 e. The number of hydrogen-bond donors (Lipinski definition) is 1. The van der Waals surface area contributed by atoms with Gasteiger partial charge >= 0.3 is 11.9 Å². The molecule has 204 valence electrons. The number of imidazole rings is 1. The molecule has 8 nitrogen and oxygen atoms in total. The van der Waals surface area contributed by atoms with Crippen LogP contribution in [0.3, 0.4) is 0 Å². The normalized spacial score (nSPS) is 18.8. The zero-order valence-electron chi connectivity index (χ0n) is 22.0. The molecule has 0 radical (unpaired) electrons. The number of fused-ring (bicyclic) bond motifs is 2. The van der Waals surface area contributed by atoms with E-state index in [9.17, 15) is 18.0 Å². The summed E-state index contributed by atoms with van der Waals surface area (Å²) in [6.45, 7) is 4.23. The van der Waals surface area contributed by atoms with Crippen LogP contribution in [-0.4, -0.2) is 62.0 Å². The molecule has 1 aliphatic carbocycles. The number of nitrogens with one attached hydrogen (secondary N) is 1. The number of aromatic amines is 1. The van der Waals surface area contributed by atoms with E-state index in [-0.39, 0.29) is 30.2 Å². The minimum Gasteiger partial charge on any atom is -0.493 e. The van der Waals surface area contributed by atoms with Gasteiger partial charge in [-0.1, -0.05) is 13.8 Å². The van der Waals surface area contributed by atoms with Crippen LogP contribution in [0.5, 0.6) is 5.75 Å². The zero-order valence-corrected chi connectivity index (χ0v) is 22.0. The van der Waals surface area contributed by atoms with Crippen LogP contribution >= 0.6 is 0 Å². The highest BCUT2D eigenvalue weighted by molar-refractivity contribution is 5.85. The monoisotopic (exact) mass is 530 g/mol. The first-order valence-corrected chi connectivity index (χ1v) is 13.0. The van der Waals surface area contributed by atoms with Crippen molar-refractivity contribution in [2.24, 2.45) is 0 Å². The summed E-state index contributed by atoms with van der Waals surface area (Å²) in [6.07, 6.45) is 1.43. The summed E-state index contributed by atoms with van der Waals surface area (Å²) in [4.78, 5) is 22.3. The molecule has 0 saturated heterocycles. The fourth-order valence-electron chi connectivity index (χ4n) is 5.72. The van der Waals surface area contributed by atoms with Crippen LogP contribution in [0.1, 0.15) is 63.5 Å². The van der Waals surface area contributed by atoms with Crippen molar-refractivity contribution >= 4 is 16.7 Å². The van der Waals surface area contributed by atoms with Crippen LogP contribution in [0.4, 0.5) is 13.2 Å². The molecule has 1 saturated carbocycles. The SMILES string of the molecule is COc1cc(-c2cc3[nH]c(=O)n(C4CCC(N(C)CCC(F)(F)F)CC4)c3cc2C(C)C)cn2ncnc12. The molecule has 1 aromatic carbocycles. The molecule has 0 unspecified atom stereocenters. The number of H-pyrrole nitrogens is 1. The van der Waals surface area contributed by atoms with Crippen molar-refractivity contribution in [3.63, 3.8) is 0 Å². The predicted octanol–water partition coefficient (Wildman–Crippen LogP) is 5.54. The number of nitrogens with zero attached hydrogens (tertiary/aromatic N) is 5. The first-order valence-electron chi connectivity index (χ1n) is 13.0. The second kappa shape index (κ2) is 10.1. The number of benzene rings is 1. The summed E-state index contributed by atoms with van der Waals surface area (Å²) in [6, 6.07) is 6.13. The lowest BCUT2D eigenvalue weighted by molar-refractivity contribution is -0.138. The van der Waals surface area contributed by atoms with Gasteiger partial charge in [-0.05, 0) is 68.0 Å². The van der Waals surface area contributed by atoms with Gasteiger partial charge in [0.25, 0.3) is 0 Å². The molecule has 1 N–H and O–H groups in total. The van der Waals surface area contributed by atoms with E-state index in [4.69, 9.17) is 4.74 Å². The molecule has 1 fully saturated rings. The molecular formula is C27H33F3N6O2. The second-order valence-corrected chi connectivity index (χ2v) is 10.5. The van der Waals surface area contributed by atoms with Gasteiger partial charge in [-0.3, -0.25) is 4.57 Å². The van der Waals surface area contributed by atoms with Crippen molar-refractivity contribution in [3.05, 3.63) is 46.8 Å². The Bertz CT molecular complexity index is 1490. The second-order valence-electron chi connectivity index (χ2n) is 10.5. The Kier molecular flexibility index (Phi) is 6.97. The fraction of sp³-hybridized carbons (Fsp3) is 0.519. The van der Waals surface area contributed by atoms with Crippen LogP contribution in [0.2, 0.25) is 0 Å². The van der Waals surface area contributed by atoms with Crippen molar-refractivity contribution in [2.75, 3.05) is 20.7 Å². The average molecular weight is 531 g/mol. The summed E-state index contributed by atoms with van der Waals surface area (Å²) in [7, 11) is 3.36. The average Bonchev–Trinajstić information content (AvgIpc) is 3.48. The molecular weight excluding hydrogens is 497 g/mol. The highest BCUT2D eigenvalue weighted by atomic mass is 19.4. The molecule has 3 heterocycles. The maximum atomic E-state index is 13.2. The lowest BCUT2D eigenvalue weighted by Gasteiger charge is -2.35. The first kappa shape index (κ1) is 26.3. The maximum Gasteiger partial charge on any atom is 0.390 e. The minimum absolute atomic E-state index is 0.000899. The molecule has 0 aliphatic heterocycles. The molecule has 5 rings (SSSR count). The number of hydrogen-bond acceptors (Lipinski definition) is 5. The Hall–Kier alpha value is -3.34. The van der Waals surface area contributed by atoms with E-state index in [1.54, 1.807) is 18.7 Å². The molecule has 1 aliphatic rings. The van der Waals surface area contributed by atoms with E-state index in [1.807, 2.05) is 27.8 Å². The van der Waals surface area contributed by atoms with E-state index < -0.39 is 12.6 Å². The van der Waals surface area contributed by atoms with E-state index in [2.05, 4.69) is 35.0 Å². The Morgan fingerprint density at radius 3 is 2.58 bits per heavy atom. The van der Waals surface area contributed by atoms with Gasteiger partial charge in [0.2, 0.25) is 0 Å². The van der Waals surface area contributed by atoms with Gasteiger partial charge in [-0.15, -0.1) is 0 Å². The number of aromatic nitrogens is 5. The Morgan fingerprint density at radius 1 is 1.18 bits per heavy atom. The standard InChI is InChI=1S/C27H33F3N6O2/c1-16(2)20-13-23-22(12-21(20)17-11-24(38-4)25-31-15-32-35(25)14-17)33-26(37)36(23)19-7-5-18(6-8-19)34(3)10-9-27(28,29)30/h11-16,18-19H,5-10H2,1-4H3,(H,33,37). The summed E-state index contributed by atoms with van der Waals surface area (Å²) in [5.41, 5.74) is 5.04. The highest BCUT2D eigenvalue weighted by Gasteiger charge is 2.31. The zero-order chi connectivity index (χ0) is 27.2. The molecule has 3 aromatic heterocycles. The van der Waals surface area contributed by atoms with Crippen LogP contribution in [0.15, 0.2) is 35.5 Å². The van der Waals surface area contributed by atoms with Crippen molar-refractivity contribution in [1.29, 1.82) is 0 Å². The van der Waals surface area contributed by atoms with Crippen LogP contribution in [0.25, 0.3) is 27.8 Å². The summed E-state index contributed by atoms with van der Waals surface area (Å²) in [5, 5.41) is 4.28. The fourth-order valence-corrected chi connectivity index (χ4v) is 5.72. The summed E-state index contributed by atoms with van der Waals surface area (Å²) < 4.78 is 47.1.